The molecule has 1 N–H and O–H groups in total. The summed E-state index contributed by atoms with van der Waals surface area (Å²) in [7, 11) is 1.70. The summed E-state index contributed by atoms with van der Waals surface area (Å²) in [6, 6.07) is 6.66. The number of thiazole rings is 1. The van der Waals surface area contributed by atoms with Crippen LogP contribution >= 0.6 is 11.3 Å². The topological polar surface area (TPSA) is 34.1 Å². The van der Waals surface area contributed by atoms with E-state index in [-0.39, 0.29) is 0 Å². The smallest absolute Gasteiger partial charge is 0.123 e. The minimum atomic E-state index is 0.480. The summed E-state index contributed by atoms with van der Waals surface area (Å²) in [5.41, 5.74) is 3.39. The quantitative estimate of drug-likeness (QED) is 0.905. The normalized spacial score (nSPS) is 11.0. The fraction of sp³-hybridized carbons (Fsp3) is 0.400. The number of hydrogen-bond donors (Lipinski definition) is 1. The summed E-state index contributed by atoms with van der Waals surface area (Å²) in [6.45, 7) is 7.15. The zero-order chi connectivity index (χ0) is 13.8. The molecule has 0 unspecified atom stereocenters. The first-order valence-corrected chi connectivity index (χ1v) is 7.31. The third-order valence-electron chi connectivity index (χ3n) is 2.88. The van der Waals surface area contributed by atoms with Gasteiger partial charge >= 0.3 is 0 Å². The molecule has 0 amide bonds. The number of rotatable bonds is 5. The Morgan fingerprint density at radius 3 is 2.79 bits per heavy atom. The fourth-order valence-corrected chi connectivity index (χ4v) is 2.66. The van der Waals surface area contributed by atoms with Crippen LogP contribution in [-0.4, -0.2) is 18.1 Å². The Bertz CT molecular complexity index is 549. The van der Waals surface area contributed by atoms with Crippen LogP contribution in [0.3, 0.4) is 0 Å². The Morgan fingerprint density at radius 1 is 1.37 bits per heavy atom. The molecule has 3 nitrogen and oxygen atoms in total. The highest BCUT2D eigenvalue weighted by atomic mass is 32.1. The van der Waals surface area contributed by atoms with Crippen molar-refractivity contribution in [1.82, 2.24) is 10.3 Å². The summed E-state index contributed by atoms with van der Waals surface area (Å²) < 4.78 is 5.28. The molecule has 0 aliphatic heterocycles. The van der Waals surface area contributed by atoms with Gasteiger partial charge < -0.3 is 10.1 Å². The Balaban J connectivity index is 2.16. The molecular weight excluding hydrogens is 256 g/mol. The lowest BCUT2D eigenvalue weighted by Gasteiger charge is -2.06. The number of nitrogens with one attached hydrogen (secondary N) is 1. The van der Waals surface area contributed by atoms with Crippen LogP contribution in [0.1, 0.15) is 25.1 Å². The summed E-state index contributed by atoms with van der Waals surface area (Å²) in [4.78, 5) is 4.66. The Kier molecular flexibility index (Phi) is 4.56. The van der Waals surface area contributed by atoms with Gasteiger partial charge in [0.15, 0.2) is 0 Å². The van der Waals surface area contributed by atoms with Gasteiger partial charge in [0.1, 0.15) is 10.8 Å². The maximum absolute atomic E-state index is 5.28. The van der Waals surface area contributed by atoms with Crippen LogP contribution in [0.25, 0.3) is 10.6 Å². The second-order valence-corrected chi connectivity index (χ2v) is 5.72. The number of ether oxygens (including phenoxy) is 1. The van der Waals surface area contributed by atoms with Gasteiger partial charge in [-0.15, -0.1) is 11.3 Å². The monoisotopic (exact) mass is 276 g/mol. The average molecular weight is 276 g/mol. The minimum Gasteiger partial charge on any atom is -0.496 e. The molecular formula is C15H20N2OS. The van der Waals surface area contributed by atoms with Crippen molar-refractivity contribution < 1.29 is 4.74 Å². The van der Waals surface area contributed by atoms with E-state index in [0.717, 1.165) is 34.1 Å². The third kappa shape index (κ3) is 3.55. The van der Waals surface area contributed by atoms with Crippen molar-refractivity contribution in [2.24, 2.45) is 0 Å². The summed E-state index contributed by atoms with van der Waals surface area (Å²) in [6.07, 6.45) is 0. The highest BCUT2D eigenvalue weighted by Crippen LogP contribution is 2.28. The van der Waals surface area contributed by atoms with E-state index in [1.807, 2.05) is 6.07 Å². The van der Waals surface area contributed by atoms with E-state index in [1.165, 1.54) is 0 Å². The van der Waals surface area contributed by atoms with Gasteiger partial charge in [0.25, 0.3) is 0 Å². The molecule has 4 heteroatoms. The van der Waals surface area contributed by atoms with Crippen molar-refractivity contribution in [2.75, 3.05) is 7.11 Å². The number of methoxy groups -OCH3 is 1. The zero-order valence-electron chi connectivity index (χ0n) is 11.9. The molecule has 1 aromatic carbocycles. The predicted octanol–water partition coefficient (Wildman–Crippen LogP) is 3.63. The van der Waals surface area contributed by atoms with Crippen molar-refractivity contribution in [3.63, 3.8) is 0 Å². The maximum atomic E-state index is 5.28. The van der Waals surface area contributed by atoms with Crippen LogP contribution < -0.4 is 10.1 Å². The summed E-state index contributed by atoms with van der Waals surface area (Å²) in [5.74, 6) is 0.919. The predicted molar refractivity (Wildman–Crippen MR) is 80.8 cm³/mol. The number of aromatic nitrogens is 1. The molecule has 0 saturated heterocycles. The number of hydrogen-bond acceptors (Lipinski definition) is 4. The number of nitrogens with zero attached hydrogens (tertiary/aromatic N) is 1. The van der Waals surface area contributed by atoms with Crippen molar-refractivity contribution >= 4 is 11.3 Å². The average Bonchev–Trinajstić information content (AvgIpc) is 2.85. The van der Waals surface area contributed by atoms with Gasteiger partial charge in [0.05, 0.1) is 12.8 Å². The SMILES string of the molecule is COc1ccc(-c2nc(CNC(C)C)cs2)cc1C. The molecule has 0 aliphatic carbocycles. The third-order valence-corrected chi connectivity index (χ3v) is 3.83. The summed E-state index contributed by atoms with van der Waals surface area (Å²) >= 11 is 1.68. The molecule has 19 heavy (non-hydrogen) atoms. The van der Waals surface area contributed by atoms with Gasteiger partial charge in [-0.25, -0.2) is 4.98 Å². The van der Waals surface area contributed by atoms with Crippen LogP contribution in [-0.2, 0) is 6.54 Å². The molecule has 0 saturated carbocycles. The molecule has 0 radical (unpaired) electrons. The second-order valence-electron chi connectivity index (χ2n) is 4.86. The molecule has 102 valence electrons. The molecule has 1 heterocycles. The maximum Gasteiger partial charge on any atom is 0.123 e. The molecule has 0 spiro atoms. The molecule has 0 aliphatic rings. The van der Waals surface area contributed by atoms with Crippen LogP contribution in [0.4, 0.5) is 0 Å². The number of benzene rings is 1. The lowest BCUT2D eigenvalue weighted by atomic mass is 10.1. The van der Waals surface area contributed by atoms with E-state index in [2.05, 4.69) is 48.6 Å². The van der Waals surface area contributed by atoms with Crippen molar-refractivity contribution in [1.29, 1.82) is 0 Å². The van der Waals surface area contributed by atoms with Crippen molar-refractivity contribution in [3.8, 4) is 16.3 Å². The Hall–Kier alpha value is -1.39. The molecule has 0 atom stereocenters. The van der Waals surface area contributed by atoms with Crippen molar-refractivity contribution in [3.05, 3.63) is 34.8 Å². The molecule has 1 aromatic heterocycles. The second kappa shape index (κ2) is 6.17. The van der Waals surface area contributed by atoms with Gasteiger partial charge in [0, 0.05) is 23.5 Å². The van der Waals surface area contributed by atoms with Gasteiger partial charge in [-0.1, -0.05) is 13.8 Å². The minimum absolute atomic E-state index is 0.480. The largest absolute Gasteiger partial charge is 0.496 e. The fourth-order valence-electron chi connectivity index (χ4n) is 1.84. The highest BCUT2D eigenvalue weighted by molar-refractivity contribution is 7.13. The number of aryl methyl sites for hydroxylation is 1. The Labute approximate surface area is 118 Å². The first-order chi connectivity index (χ1) is 9.10. The van der Waals surface area contributed by atoms with Gasteiger partial charge in [-0.05, 0) is 30.7 Å². The highest BCUT2D eigenvalue weighted by Gasteiger charge is 2.07. The van der Waals surface area contributed by atoms with Gasteiger partial charge in [-0.3, -0.25) is 0 Å². The van der Waals surface area contributed by atoms with Gasteiger partial charge in [-0.2, -0.15) is 0 Å². The van der Waals surface area contributed by atoms with E-state index >= 15 is 0 Å². The van der Waals surface area contributed by atoms with Crippen LogP contribution in [0.15, 0.2) is 23.6 Å². The van der Waals surface area contributed by atoms with E-state index in [4.69, 9.17) is 4.74 Å². The van der Waals surface area contributed by atoms with Crippen LogP contribution in [0.2, 0.25) is 0 Å². The lowest BCUT2D eigenvalue weighted by molar-refractivity contribution is 0.412. The van der Waals surface area contributed by atoms with E-state index in [1.54, 1.807) is 18.4 Å². The molecule has 0 bridgehead atoms. The summed E-state index contributed by atoms with van der Waals surface area (Å²) in [5, 5.41) is 6.56. The van der Waals surface area contributed by atoms with Crippen LogP contribution in [0.5, 0.6) is 5.75 Å². The standard InChI is InChI=1S/C15H20N2OS/c1-10(2)16-8-13-9-19-15(17-13)12-5-6-14(18-4)11(3)7-12/h5-7,9-10,16H,8H2,1-4H3. The van der Waals surface area contributed by atoms with E-state index in [0.29, 0.717) is 6.04 Å². The zero-order valence-corrected chi connectivity index (χ0v) is 12.7. The van der Waals surface area contributed by atoms with Gasteiger partial charge in [0.2, 0.25) is 0 Å². The molecule has 2 rings (SSSR count). The lowest BCUT2D eigenvalue weighted by Crippen LogP contribution is -2.21. The van der Waals surface area contributed by atoms with E-state index in [9.17, 15) is 0 Å². The van der Waals surface area contributed by atoms with Crippen LogP contribution in [0, 0.1) is 6.92 Å². The van der Waals surface area contributed by atoms with E-state index < -0.39 is 0 Å². The molecule has 0 fully saturated rings. The van der Waals surface area contributed by atoms with Crippen molar-refractivity contribution in [2.45, 2.75) is 33.4 Å². The Morgan fingerprint density at radius 2 is 2.16 bits per heavy atom. The first-order valence-electron chi connectivity index (χ1n) is 6.43. The first kappa shape index (κ1) is 14.0. The molecule has 2 aromatic rings.